The van der Waals surface area contributed by atoms with E-state index in [0.717, 1.165) is 44.3 Å². The molecule has 1 aliphatic carbocycles. The average Bonchev–Trinajstić information content (AvgIpc) is 3.19. The number of piperidine rings is 1. The van der Waals surface area contributed by atoms with Gasteiger partial charge in [-0.1, -0.05) is 24.3 Å². The van der Waals surface area contributed by atoms with Gasteiger partial charge in [0.1, 0.15) is 0 Å². The van der Waals surface area contributed by atoms with E-state index in [1.54, 1.807) is 11.3 Å². The standard InChI is InChI=1S/C21H26N2O2S/c24-18-13-16(14-18)20(19-7-4-12-26-19)22-17-8-10-23(11-9-17)21(25)15-5-2-1-3-6-15/h1-7,12,16-18,20,22,24H,8-11,13-14H2. The highest BCUT2D eigenvalue weighted by Gasteiger charge is 2.36. The molecular formula is C21H26N2O2S. The van der Waals surface area contributed by atoms with Crippen LogP contribution in [0.3, 0.4) is 0 Å². The normalized spacial score (nSPS) is 24.9. The van der Waals surface area contributed by atoms with Crippen molar-refractivity contribution in [1.29, 1.82) is 0 Å². The molecule has 1 atom stereocenters. The third-order valence-electron chi connectivity index (χ3n) is 5.69. The third kappa shape index (κ3) is 3.85. The first-order valence-electron chi connectivity index (χ1n) is 9.52. The second-order valence-corrected chi connectivity index (χ2v) is 8.46. The largest absolute Gasteiger partial charge is 0.393 e. The molecule has 138 valence electrons. The lowest BCUT2D eigenvalue weighted by Crippen LogP contribution is -2.48. The number of carbonyl (C=O) groups is 1. The monoisotopic (exact) mass is 370 g/mol. The molecule has 2 heterocycles. The molecule has 2 aliphatic rings. The summed E-state index contributed by atoms with van der Waals surface area (Å²) in [4.78, 5) is 15.9. The maximum absolute atomic E-state index is 12.6. The Morgan fingerprint density at radius 2 is 1.85 bits per heavy atom. The Kier molecular flexibility index (Phi) is 5.38. The number of aliphatic hydroxyl groups excluding tert-OH is 1. The molecule has 2 N–H and O–H groups in total. The summed E-state index contributed by atoms with van der Waals surface area (Å²) in [5.74, 6) is 0.661. The highest BCUT2D eigenvalue weighted by atomic mass is 32.1. The van der Waals surface area contributed by atoms with E-state index in [9.17, 15) is 9.90 Å². The summed E-state index contributed by atoms with van der Waals surface area (Å²) >= 11 is 1.79. The fraction of sp³-hybridized carbons (Fsp3) is 0.476. The molecule has 1 unspecified atom stereocenters. The minimum Gasteiger partial charge on any atom is -0.393 e. The number of hydrogen-bond donors (Lipinski definition) is 2. The van der Waals surface area contributed by atoms with Crippen LogP contribution in [0.15, 0.2) is 47.8 Å². The number of carbonyl (C=O) groups excluding carboxylic acids is 1. The minimum absolute atomic E-state index is 0.130. The van der Waals surface area contributed by atoms with Crippen molar-refractivity contribution in [1.82, 2.24) is 10.2 Å². The fourth-order valence-corrected chi connectivity index (χ4v) is 4.97. The van der Waals surface area contributed by atoms with Crippen LogP contribution >= 0.6 is 11.3 Å². The van der Waals surface area contributed by atoms with E-state index in [2.05, 4.69) is 22.8 Å². The predicted octanol–water partition coefficient (Wildman–Crippen LogP) is 3.45. The van der Waals surface area contributed by atoms with E-state index in [1.807, 2.05) is 35.2 Å². The van der Waals surface area contributed by atoms with Gasteiger partial charge in [0.25, 0.3) is 5.91 Å². The van der Waals surface area contributed by atoms with Crippen LogP contribution in [0.1, 0.15) is 47.0 Å². The van der Waals surface area contributed by atoms with Crippen LogP contribution in [0.4, 0.5) is 0 Å². The molecule has 1 aromatic carbocycles. The number of likely N-dealkylation sites (tertiary alicyclic amines) is 1. The first-order chi connectivity index (χ1) is 12.7. The number of amides is 1. The molecule has 1 amide bonds. The summed E-state index contributed by atoms with van der Waals surface area (Å²) in [6, 6.07) is 14.6. The fourth-order valence-electron chi connectivity index (χ4n) is 4.09. The number of nitrogens with one attached hydrogen (secondary N) is 1. The SMILES string of the molecule is O=C(c1ccccc1)N1CCC(NC(c2cccs2)C2CC(O)C2)CC1. The second-order valence-electron chi connectivity index (χ2n) is 7.48. The van der Waals surface area contributed by atoms with Gasteiger partial charge in [-0.15, -0.1) is 11.3 Å². The number of rotatable bonds is 5. The predicted molar refractivity (Wildman–Crippen MR) is 104 cm³/mol. The molecule has 4 nitrogen and oxygen atoms in total. The molecule has 0 bridgehead atoms. The van der Waals surface area contributed by atoms with Crippen LogP contribution in [0.2, 0.25) is 0 Å². The molecule has 1 saturated heterocycles. The van der Waals surface area contributed by atoms with E-state index < -0.39 is 0 Å². The summed E-state index contributed by atoms with van der Waals surface area (Å²) in [6.07, 6.45) is 3.61. The Labute approximate surface area is 158 Å². The van der Waals surface area contributed by atoms with Crippen LogP contribution in [0.25, 0.3) is 0 Å². The molecule has 4 rings (SSSR count). The number of nitrogens with zero attached hydrogens (tertiary/aromatic N) is 1. The topological polar surface area (TPSA) is 52.6 Å². The van der Waals surface area contributed by atoms with Gasteiger partial charge in [0.15, 0.2) is 0 Å². The van der Waals surface area contributed by atoms with E-state index in [4.69, 9.17) is 0 Å². The van der Waals surface area contributed by atoms with Crippen molar-refractivity contribution < 1.29 is 9.90 Å². The Bertz CT molecular complexity index is 705. The molecule has 1 aromatic heterocycles. The second kappa shape index (κ2) is 7.91. The molecule has 5 heteroatoms. The van der Waals surface area contributed by atoms with Crippen molar-refractivity contribution in [2.45, 2.75) is 43.9 Å². The first kappa shape index (κ1) is 17.7. The first-order valence-corrected chi connectivity index (χ1v) is 10.4. The van der Waals surface area contributed by atoms with Gasteiger partial charge >= 0.3 is 0 Å². The van der Waals surface area contributed by atoms with E-state index >= 15 is 0 Å². The molecule has 1 saturated carbocycles. The zero-order chi connectivity index (χ0) is 17.9. The minimum atomic E-state index is -0.130. The van der Waals surface area contributed by atoms with Gasteiger partial charge in [-0.25, -0.2) is 0 Å². The molecule has 26 heavy (non-hydrogen) atoms. The van der Waals surface area contributed by atoms with Crippen LogP contribution in [0.5, 0.6) is 0 Å². The Morgan fingerprint density at radius 1 is 1.12 bits per heavy atom. The lowest BCUT2D eigenvalue weighted by atomic mass is 9.76. The van der Waals surface area contributed by atoms with E-state index in [1.165, 1.54) is 4.88 Å². The lowest BCUT2D eigenvalue weighted by molar-refractivity contribution is 0.0202. The van der Waals surface area contributed by atoms with Crippen LogP contribution in [-0.4, -0.2) is 41.1 Å². The van der Waals surface area contributed by atoms with Crippen LogP contribution in [0, 0.1) is 5.92 Å². The quantitative estimate of drug-likeness (QED) is 0.848. The molecular weight excluding hydrogens is 344 g/mol. The summed E-state index contributed by atoms with van der Waals surface area (Å²) in [7, 11) is 0. The van der Waals surface area contributed by atoms with Crippen molar-refractivity contribution in [2.75, 3.05) is 13.1 Å². The molecule has 2 aromatic rings. The van der Waals surface area contributed by atoms with Gasteiger partial charge in [0.05, 0.1) is 6.10 Å². The van der Waals surface area contributed by atoms with Gasteiger partial charge in [-0.3, -0.25) is 4.79 Å². The number of hydrogen-bond acceptors (Lipinski definition) is 4. The van der Waals surface area contributed by atoms with Gasteiger partial charge < -0.3 is 15.3 Å². The van der Waals surface area contributed by atoms with Crippen molar-refractivity contribution in [3.63, 3.8) is 0 Å². The maximum Gasteiger partial charge on any atom is 0.253 e. The molecule has 2 fully saturated rings. The average molecular weight is 371 g/mol. The van der Waals surface area contributed by atoms with Crippen molar-refractivity contribution in [2.24, 2.45) is 5.92 Å². The summed E-state index contributed by atoms with van der Waals surface area (Å²) < 4.78 is 0. The van der Waals surface area contributed by atoms with Crippen molar-refractivity contribution in [3.8, 4) is 0 Å². The van der Waals surface area contributed by atoms with Gasteiger partial charge in [-0.2, -0.15) is 0 Å². The van der Waals surface area contributed by atoms with E-state index in [-0.39, 0.29) is 12.0 Å². The molecule has 0 spiro atoms. The van der Waals surface area contributed by atoms with Crippen LogP contribution in [-0.2, 0) is 0 Å². The smallest absolute Gasteiger partial charge is 0.253 e. The summed E-state index contributed by atoms with van der Waals surface area (Å²) in [5, 5.41) is 15.7. The molecule has 1 aliphatic heterocycles. The maximum atomic E-state index is 12.6. The van der Waals surface area contributed by atoms with E-state index in [0.29, 0.717) is 18.0 Å². The Balaban J connectivity index is 1.34. The number of benzene rings is 1. The van der Waals surface area contributed by atoms with Crippen molar-refractivity contribution in [3.05, 3.63) is 58.3 Å². The highest BCUT2D eigenvalue weighted by molar-refractivity contribution is 7.10. The van der Waals surface area contributed by atoms with Gasteiger partial charge in [0.2, 0.25) is 0 Å². The zero-order valence-electron chi connectivity index (χ0n) is 14.9. The third-order valence-corrected chi connectivity index (χ3v) is 6.64. The highest BCUT2D eigenvalue weighted by Crippen LogP contribution is 2.40. The summed E-state index contributed by atoms with van der Waals surface area (Å²) in [6.45, 7) is 1.60. The van der Waals surface area contributed by atoms with Gasteiger partial charge in [-0.05, 0) is 55.2 Å². The Hall–Kier alpha value is -1.69. The summed E-state index contributed by atoms with van der Waals surface area (Å²) in [5.41, 5.74) is 0.777. The van der Waals surface area contributed by atoms with Gasteiger partial charge in [0, 0.05) is 35.6 Å². The van der Waals surface area contributed by atoms with Crippen molar-refractivity contribution >= 4 is 17.2 Å². The Morgan fingerprint density at radius 3 is 2.46 bits per heavy atom. The molecule has 0 radical (unpaired) electrons. The van der Waals surface area contributed by atoms with Crippen LogP contribution < -0.4 is 5.32 Å². The zero-order valence-corrected chi connectivity index (χ0v) is 15.7. The number of thiophene rings is 1. The number of aliphatic hydroxyl groups is 1. The lowest BCUT2D eigenvalue weighted by Gasteiger charge is -2.41.